The van der Waals surface area contributed by atoms with Gasteiger partial charge in [0.05, 0.1) is 6.61 Å². The summed E-state index contributed by atoms with van der Waals surface area (Å²) >= 11 is 5.77. The molecule has 30 heavy (non-hydrogen) atoms. The molecular weight excluding hydrogens is 404 g/mol. The molecule has 1 aliphatic heterocycles. The first-order valence-corrected chi connectivity index (χ1v) is 12.7. The Hall–Kier alpha value is -0.520. The Labute approximate surface area is 187 Å². The summed E-state index contributed by atoms with van der Waals surface area (Å²) in [6, 6.07) is 0. The Balaban J connectivity index is 1.35. The highest BCUT2D eigenvalue weighted by Gasteiger charge is 2.78. The standard InChI is InChI=1S/C24H41ClO5/c1-3-4-5-6-7-8-9-10-11-12-18-27-22(13-14-22)24(17-19-28-24)23(15-16-23)30-21(26)29-20(2)25/h20H,3-19H2,1-2H3. The van der Waals surface area contributed by atoms with E-state index in [0.717, 1.165) is 45.1 Å². The zero-order chi connectivity index (χ0) is 21.5. The van der Waals surface area contributed by atoms with Gasteiger partial charge in [0.1, 0.15) is 16.8 Å². The molecule has 0 aromatic heterocycles. The van der Waals surface area contributed by atoms with Crippen LogP contribution in [0.15, 0.2) is 0 Å². The molecule has 5 nitrogen and oxygen atoms in total. The second-order valence-electron chi connectivity index (χ2n) is 9.46. The van der Waals surface area contributed by atoms with Gasteiger partial charge in [0, 0.05) is 13.0 Å². The molecule has 6 heteroatoms. The van der Waals surface area contributed by atoms with Crippen LogP contribution in [-0.2, 0) is 18.9 Å². The molecule has 0 spiro atoms. The van der Waals surface area contributed by atoms with Crippen molar-refractivity contribution in [1.82, 2.24) is 0 Å². The van der Waals surface area contributed by atoms with E-state index < -0.39 is 22.9 Å². The predicted molar refractivity (Wildman–Crippen MR) is 118 cm³/mol. The quantitative estimate of drug-likeness (QED) is 0.147. The summed E-state index contributed by atoms with van der Waals surface area (Å²) in [7, 11) is 0. The SMILES string of the molecule is CCCCCCCCCCCCOC1(C2(C3(OC(=O)OC(C)Cl)CC3)CCO2)CC1. The van der Waals surface area contributed by atoms with Crippen molar-refractivity contribution >= 4 is 17.8 Å². The molecule has 0 amide bonds. The van der Waals surface area contributed by atoms with Gasteiger partial charge in [0.15, 0.2) is 5.56 Å². The maximum Gasteiger partial charge on any atom is 0.510 e. The number of carbonyl (C=O) groups excluding carboxylic acids is 1. The molecule has 0 bridgehead atoms. The fraction of sp³-hybridized carbons (Fsp3) is 0.958. The number of hydrogen-bond acceptors (Lipinski definition) is 5. The third-order valence-electron chi connectivity index (χ3n) is 7.10. The minimum absolute atomic E-state index is 0.284. The van der Waals surface area contributed by atoms with E-state index in [4.69, 9.17) is 30.5 Å². The molecule has 0 radical (unpaired) electrons. The Morgan fingerprint density at radius 1 is 0.900 bits per heavy atom. The number of hydrogen-bond donors (Lipinski definition) is 0. The highest BCUT2D eigenvalue weighted by molar-refractivity contribution is 6.19. The van der Waals surface area contributed by atoms with E-state index in [0.29, 0.717) is 6.61 Å². The van der Waals surface area contributed by atoms with Crippen molar-refractivity contribution in [3.8, 4) is 0 Å². The van der Waals surface area contributed by atoms with Crippen LogP contribution in [0.3, 0.4) is 0 Å². The molecule has 1 heterocycles. The van der Waals surface area contributed by atoms with E-state index in [1.807, 2.05) is 0 Å². The molecule has 0 aromatic rings. The summed E-state index contributed by atoms with van der Waals surface area (Å²) in [5.74, 6) is 0. The summed E-state index contributed by atoms with van der Waals surface area (Å²) in [6.45, 7) is 5.34. The fourth-order valence-corrected chi connectivity index (χ4v) is 5.17. The highest BCUT2D eigenvalue weighted by Crippen LogP contribution is 2.67. The van der Waals surface area contributed by atoms with Crippen LogP contribution in [0, 0.1) is 0 Å². The van der Waals surface area contributed by atoms with Gasteiger partial charge in [-0.25, -0.2) is 4.79 Å². The molecule has 2 atom stereocenters. The average Bonchev–Trinajstić information content (AvgIpc) is 3.57. The van der Waals surface area contributed by atoms with Crippen LogP contribution in [0.25, 0.3) is 0 Å². The lowest BCUT2D eigenvalue weighted by atomic mass is 9.78. The molecule has 3 rings (SSSR count). The summed E-state index contributed by atoms with van der Waals surface area (Å²) in [6.07, 6.45) is 16.9. The van der Waals surface area contributed by atoms with Gasteiger partial charge in [-0.1, -0.05) is 76.3 Å². The Bertz CT molecular complexity index is 538. The second kappa shape index (κ2) is 10.9. The van der Waals surface area contributed by atoms with E-state index in [-0.39, 0.29) is 5.60 Å². The van der Waals surface area contributed by atoms with Crippen molar-refractivity contribution in [2.45, 2.75) is 133 Å². The number of unbranched alkanes of at least 4 members (excludes halogenated alkanes) is 9. The summed E-state index contributed by atoms with van der Waals surface area (Å²) in [5.41, 5.74) is -2.07. The molecule has 2 aliphatic carbocycles. The predicted octanol–water partition coefficient (Wildman–Crippen LogP) is 6.89. The second-order valence-corrected chi connectivity index (χ2v) is 10.1. The van der Waals surface area contributed by atoms with Crippen molar-refractivity contribution < 1.29 is 23.7 Å². The first kappa shape index (κ1) is 24.1. The number of rotatable bonds is 16. The van der Waals surface area contributed by atoms with Gasteiger partial charge >= 0.3 is 6.16 Å². The molecule has 2 unspecified atom stereocenters. The largest absolute Gasteiger partial charge is 0.510 e. The maximum atomic E-state index is 12.1. The third kappa shape index (κ3) is 5.63. The summed E-state index contributed by atoms with van der Waals surface area (Å²) in [4.78, 5) is 12.1. The molecular formula is C24H41ClO5. The van der Waals surface area contributed by atoms with Crippen molar-refractivity contribution in [3.05, 3.63) is 0 Å². The lowest BCUT2D eigenvalue weighted by molar-refractivity contribution is -0.283. The lowest BCUT2D eigenvalue weighted by Gasteiger charge is -2.52. The molecule has 0 aromatic carbocycles. The van der Waals surface area contributed by atoms with Crippen LogP contribution in [0.4, 0.5) is 4.79 Å². The van der Waals surface area contributed by atoms with Crippen LogP contribution < -0.4 is 0 Å². The molecule has 1 saturated heterocycles. The topological polar surface area (TPSA) is 54.0 Å². The van der Waals surface area contributed by atoms with Gasteiger partial charge in [-0.2, -0.15) is 0 Å². The lowest BCUT2D eigenvalue weighted by Crippen LogP contribution is -2.66. The minimum atomic E-state index is -0.700. The van der Waals surface area contributed by atoms with Gasteiger partial charge < -0.3 is 18.9 Å². The van der Waals surface area contributed by atoms with E-state index in [2.05, 4.69) is 6.92 Å². The highest BCUT2D eigenvalue weighted by atomic mass is 35.5. The van der Waals surface area contributed by atoms with E-state index in [1.165, 1.54) is 57.8 Å². The smallest absolute Gasteiger partial charge is 0.424 e. The Morgan fingerprint density at radius 2 is 1.43 bits per heavy atom. The minimum Gasteiger partial charge on any atom is -0.424 e. The molecule has 0 N–H and O–H groups in total. The van der Waals surface area contributed by atoms with Gasteiger partial charge in [0.2, 0.25) is 0 Å². The van der Waals surface area contributed by atoms with E-state index in [9.17, 15) is 4.79 Å². The number of halogens is 1. The van der Waals surface area contributed by atoms with Crippen LogP contribution in [0.2, 0.25) is 0 Å². The number of ether oxygens (including phenoxy) is 4. The number of alkyl halides is 1. The zero-order valence-electron chi connectivity index (χ0n) is 19.0. The van der Waals surface area contributed by atoms with Crippen molar-refractivity contribution in [2.24, 2.45) is 0 Å². The van der Waals surface area contributed by atoms with Gasteiger partial charge in [0.25, 0.3) is 0 Å². The Morgan fingerprint density at radius 3 is 1.87 bits per heavy atom. The monoisotopic (exact) mass is 444 g/mol. The molecule has 3 aliphatic rings. The molecule has 3 fully saturated rings. The van der Waals surface area contributed by atoms with Crippen LogP contribution >= 0.6 is 11.6 Å². The zero-order valence-corrected chi connectivity index (χ0v) is 19.8. The summed E-state index contributed by atoms with van der Waals surface area (Å²) < 4.78 is 23.3. The molecule has 174 valence electrons. The normalized spacial score (nSPS) is 26.5. The first-order chi connectivity index (χ1) is 14.5. The van der Waals surface area contributed by atoms with Crippen LogP contribution in [0.5, 0.6) is 0 Å². The molecule has 2 saturated carbocycles. The van der Waals surface area contributed by atoms with Gasteiger partial charge in [-0.15, -0.1) is 0 Å². The van der Waals surface area contributed by atoms with E-state index >= 15 is 0 Å². The van der Waals surface area contributed by atoms with Crippen LogP contribution in [0.1, 0.15) is 110 Å². The van der Waals surface area contributed by atoms with Gasteiger partial charge in [-0.3, -0.25) is 0 Å². The van der Waals surface area contributed by atoms with Crippen molar-refractivity contribution in [2.75, 3.05) is 13.2 Å². The summed E-state index contributed by atoms with van der Waals surface area (Å²) in [5, 5.41) is 0. The van der Waals surface area contributed by atoms with Crippen molar-refractivity contribution in [3.63, 3.8) is 0 Å². The maximum absolute atomic E-state index is 12.1. The Kier molecular flexibility index (Phi) is 8.74. The van der Waals surface area contributed by atoms with E-state index in [1.54, 1.807) is 6.92 Å². The average molecular weight is 445 g/mol. The fourth-order valence-electron chi connectivity index (χ4n) is 5.09. The van der Waals surface area contributed by atoms with Gasteiger partial charge in [-0.05, 0) is 39.0 Å². The first-order valence-electron chi connectivity index (χ1n) is 12.3. The number of carbonyl (C=O) groups is 1. The third-order valence-corrected chi connectivity index (χ3v) is 7.19. The van der Waals surface area contributed by atoms with Crippen LogP contribution in [-0.4, -0.2) is 41.7 Å². The van der Waals surface area contributed by atoms with Crippen molar-refractivity contribution in [1.29, 1.82) is 0 Å².